The maximum atomic E-state index is 9.89. The van der Waals surface area contributed by atoms with Crippen LogP contribution in [0.25, 0.3) is 0 Å². The highest BCUT2D eigenvalue weighted by Crippen LogP contribution is 2.12. The number of aliphatic hydroxyl groups excluding tert-OH is 3. The monoisotopic (exact) mass is 457 g/mol. The average Bonchev–Trinajstić information content (AvgIpc) is 2.74. The molecule has 7 heteroatoms. The minimum absolute atomic E-state index is 0.0216. The van der Waals surface area contributed by atoms with Gasteiger partial charge in [-0.15, -0.1) is 13.2 Å². The largest absolute Gasteiger partial charge is 0.394 e. The lowest BCUT2D eigenvalue weighted by atomic mass is 10.0. The molecule has 0 aromatic rings. The molecule has 0 aromatic heterocycles. The third-order valence-electron chi connectivity index (χ3n) is 4.85. The fourth-order valence-electron chi connectivity index (χ4n) is 2.87. The standard InChI is InChI=1S/C15H29NO4.C8H18N2.C2H4/c1-12(2)6-7-15(3,4)16(5)8-13(18)10-20-11-14(19)9-17;1-7(2)10-8-3-5-9-6-4-8;1-2/h12-14,17-19H,8-11H2,1-5H3;7-10H,3-6H2,1-2H3;1-2H2. The van der Waals surface area contributed by atoms with Gasteiger partial charge in [-0.3, -0.25) is 4.90 Å². The molecule has 2 atom stereocenters. The van der Waals surface area contributed by atoms with Crippen LogP contribution in [-0.2, 0) is 4.74 Å². The molecule has 0 aromatic carbocycles. The van der Waals surface area contributed by atoms with Crippen molar-refractivity contribution in [1.29, 1.82) is 0 Å². The molecule has 7 nitrogen and oxygen atoms in total. The van der Waals surface area contributed by atoms with Gasteiger partial charge in [-0.2, -0.15) is 0 Å². The number of piperidine rings is 1. The minimum Gasteiger partial charge on any atom is -0.394 e. The van der Waals surface area contributed by atoms with Crippen molar-refractivity contribution < 1.29 is 20.1 Å². The van der Waals surface area contributed by atoms with E-state index >= 15 is 0 Å². The van der Waals surface area contributed by atoms with E-state index in [4.69, 9.17) is 14.9 Å². The summed E-state index contributed by atoms with van der Waals surface area (Å²) in [5, 5.41) is 34.5. The van der Waals surface area contributed by atoms with Crippen LogP contribution in [0, 0.1) is 17.8 Å². The molecule has 1 aliphatic heterocycles. The van der Waals surface area contributed by atoms with E-state index in [0.29, 0.717) is 18.5 Å². The van der Waals surface area contributed by atoms with Crippen molar-refractivity contribution in [3.63, 3.8) is 0 Å². The summed E-state index contributed by atoms with van der Waals surface area (Å²) in [6.45, 7) is 21.1. The Morgan fingerprint density at radius 1 is 1.09 bits per heavy atom. The van der Waals surface area contributed by atoms with Crippen LogP contribution in [0.15, 0.2) is 13.2 Å². The first kappa shape index (κ1) is 33.2. The quantitative estimate of drug-likeness (QED) is 0.251. The summed E-state index contributed by atoms with van der Waals surface area (Å²) >= 11 is 0. The van der Waals surface area contributed by atoms with Gasteiger partial charge < -0.3 is 30.7 Å². The van der Waals surface area contributed by atoms with Crippen LogP contribution < -0.4 is 10.6 Å². The molecule has 0 radical (unpaired) electrons. The van der Waals surface area contributed by atoms with Crippen molar-refractivity contribution in [3.8, 4) is 11.8 Å². The summed E-state index contributed by atoms with van der Waals surface area (Å²) < 4.78 is 5.14. The molecule has 0 aliphatic carbocycles. The molecule has 2 unspecified atom stereocenters. The first-order valence-electron chi connectivity index (χ1n) is 11.7. The van der Waals surface area contributed by atoms with E-state index in [0.717, 1.165) is 6.04 Å². The highest BCUT2D eigenvalue weighted by Gasteiger charge is 2.23. The molecule has 1 heterocycles. The van der Waals surface area contributed by atoms with E-state index < -0.39 is 12.2 Å². The van der Waals surface area contributed by atoms with Gasteiger partial charge in [0.2, 0.25) is 0 Å². The first-order chi connectivity index (χ1) is 15.0. The van der Waals surface area contributed by atoms with E-state index in [2.05, 4.69) is 49.5 Å². The Bertz CT molecular complexity index is 497. The summed E-state index contributed by atoms with van der Waals surface area (Å²) in [5.41, 5.74) is -0.324. The Hall–Kier alpha value is -0.980. The van der Waals surface area contributed by atoms with Gasteiger partial charge in [-0.1, -0.05) is 39.5 Å². The van der Waals surface area contributed by atoms with Crippen LogP contribution in [0.1, 0.15) is 54.4 Å². The van der Waals surface area contributed by atoms with Crippen LogP contribution >= 0.6 is 0 Å². The van der Waals surface area contributed by atoms with E-state index in [-0.39, 0.29) is 25.4 Å². The van der Waals surface area contributed by atoms with Gasteiger partial charge in [0.05, 0.1) is 31.5 Å². The number of hydrogen-bond donors (Lipinski definition) is 5. The fourth-order valence-corrected chi connectivity index (χ4v) is 2.87. The molecule has 32 heavy (non-hydrogen) atoms. The van der Waals surface area contributed by atoms with Crippen molar-refractivity contribution >= 4 is 0 Å². The molecule has 0 spiro atoms. The Balaban J connectivity index is 0. The van der Waals surface area contributed by atoms with E-state index in [9.17, 15) is 5.11 Å². The average molecular weight is 458 g/mol. The number of ether oxygens (including phenoxy) is 1. The predicted octanol–water partition coefficient (Wildman–Crippen LogP) is 1.63. The number of nitrogens with one attached hydrogen (secondary N) is 2. The lowest BCUT2D eigenvalue weighted by Gasteiger charge is -2.32. The summed E-state index contributed by atoms with van der Waals surface area (Å²) in [6, 6.07) is 1.41. The molecule has 190 valence electrons. The van der Waals surface area contributed by atoms with Crippen molar-refractivity contribution in [2.24, 2.45) is 5.92 Å². The maximum absolute atomic E-state index is 9.89. The number of hydrogen-bond acceptors (Lipinski definition) is 7. The second kappa shape index (κ2) is 19.5. The second-order valence-corrected chi connectivity index (χ2v) is 9.24. The molecule has 5 N–H and O–H groups in total. The molecule has 0 bridgehead atoms. The number of nitrogens with zero attached hydrogens (tertiary/aromatic N) is 1. The van der Waals surface area contributed by atoms with Gasteiger partial charge >= 0.3 is 0 Å². The fraction of sp³-hybridized carbons (Fsp3) is 0.840. The van der Waals surface area contributed by atoms with Gasteiger partial charge in [-0.05, 0) is 46.8 Å². The number of aliphatic hydroxyl groups is 3. The zero-order valence-corrected chi connectivity index (χ0v) is 21.7. The van der Waals surface area contributed by atoms with E-state index in [1.165, 1.54) is 25.9 Å². The molecule has 1 rings (SSSR count). The summed E-state index contributed by atoms with van der Waals surface area (Å²) in [5.74, 6) is 6.65. The summed E-state index contributed by atoms with van der Waals surface area (Å²) in [4.78, 5) is 1.97. The highest BCUT2D eigenvalue weighted by atomic mass is 16.5. The van der Waals surface area contributed by atoms with Crippen molar-refractivity contribution in [2.75, 3.05) is 46.5 Å². The van der Waals surface area contributed by atoms with Crippen LogP contribution in [0.2, 0.25) is 0 Å². The molecular formula is C25H51N3O4. The molecule has 1 fully saturated rings. The first-order valence-corrected chi connectivity index (χ1v) is 11.7. The molecule has 0 saturated carbocycles. The highest BCUT2D eigenvalue weighted by molar-refractivity contribution is 5.15. The topological polar surface area (TPSA) is 97.2 Å². The van der Waals surface area contributed by atoms with Gasteiger partial charge in [0.25, 0.3) is 0 Å². The van der Waals surface area contributed by atoms with Crippen LogP contribution in [0.3, 0.4) is 0 Å². The van der Waals surface area contributed by atoms with Gasteiger partial charge in [-0.25, -0.2) is 0 Å². The summed E-state index contributed by atoms with van der Waals surface area (Å²) in [6.07, 6.45) is 1.02. The molecular weight excluding hydrogens is 406 g/mol. The van der Waals surface area contributed by atoms with Crippen LogP contribution in [0.5, 0.6) is 0 Å². The minimum atomic E-state index is -0.895. The summed E-state index contributed by atoms with van der Waals surface area (Å²) in [7, 11) is 1.90. The van der Waals surface area contributed by atoms with Gasteiger partial charge in [0, 0.05) is 24.5 Å². The SMILES string of the molecule is C=C.CC(C)C#CC(C)(C)N(C)CC(O)COCC(O)CO.CC(C)NC1CCNCC1. The maximum Gasteiger partial charge on any atom is 0.100 e. The number of β-amino-alcohol motifs (C(OH)–C–C–N with tert-alkyl or cyclic N) is 1. The second-order valence-electron chi connectivity index (χ2n) is 9.24. The smallest absolute Gasteiger partial charge is 0.100 e. The zero-order chi connectivity index (χ0) is 25.2. The Kier molecular flexibility index (Phi) is 20.2. The normalized spacial score (nSPS) is 16.4. The van der Waals surface area contributed by atoms with Crippen LogP contribution in [-0.4, -0.2) is 96.6 Å². The van der Waals surface area contributed by atoms with E-state index in [1.54, 1.807) is 0 Å². The lowest BCUT2D eigenvalue weighted by molar-refractivity contribution is -0.0335. The third kappa shape index (κ3) is 18.6. The molecule has 0 amide bonds. The number of likely N-dealkylation sites (N-methyl/N-ethyl adjacent to an activating group) is 1. The molecule has 1 aliphatic rings. The lowest BCUT2D eigenvalue weighted by Crippen LogP contribution is -2.45. The van der Waals surface area contributed by atoms with Gasteiger partial charge in [0.15, 0.2) is 0 Å². The predicted molar refractivity (Wildman–Crippen MR) is 135 cm³/mol. The van der Waals surface area contributed by atoms with E-state index in [1.807, 2.05) is 39.6 Å². The van der Waals surface area contributed by atoms with Crippen molar-refractivity contribution in [3.05, 3.63) is 13.2 Å². The Morgan fingerprint density at radius 2 is 1.62 bits per heavy atom. The third-order valence-corrected chi connectivity index (χ3v) is 4.85. The van der Waals surface area contributed by atoms with Gasteiger partial charge in [0.1, 0.15) is 6.10 Å². The Morgan fingerprint density at radius 3 is 2.09 bits per heavy atom. The van der Waals surface area contributed by atoms with Crippen LogP contribution in [0.4, 0.5) is 0 Å². The Labute approximate surface area is 197 Å². The number of rotatable bonds is 10. The van der Waals surface area contributed by atoms with Crippen molar-refractivity contribution in [1.82, 2.24) is 15.5 Å². The van der Waals surface area contributed by atoms with Crippen molar-refractivity contribution in [2.45, 2.75) is 84.2 Å². The zero-order valence-electron chi connectivity index (χ0n) is 21.7. The molecule has 1 saturated heterocycles.